The van der Waals surface area contributed by atoms with Crippen LogP contribution >= 0.6 is 23.4 Å². The summed E-state index contributed by atoms with van der Waals surface area (Å²) in [6.07, 6.45) is 1.20. The summed E-state index contributed by atoms with van der Waals surface area (Å²) in [5.41, 5.74) is 0. The van der Waals surface area contributed by atoms with E-state index in [1.807, 2.05) is 30.0 Å². The molecule has 0 atom stereocenters. The predicted octanol–water partition coefficient (Wildman–Crippen LogP) is 3.23. The Morgan fingerprint density at radius 2 is 1.89 bits per heavy atom. The largest absolute Gasteiger partial charge is 0.354 e. The van der Waals surface area contributed by atoms with Crippen LogP contribution in [0.25, 0.3) is 10.8 Å². The van der Waals surface area contributed by atoms with E-state index in [1.54, 1.807) is 0 Å². The summed E-state index contributed by atoms with van der Waals surface area (Å²) in [7, 11) is 0. The Morgan fingerprint density at radius 1 is 1.06 bits per heavy atom. The first-order valence-electron chi connectivity index (χ1n) is 6.10. The number of hydrogen-bond donors (Lipinski definition) is 0. The fraction of sp³-hybridized carbons (Fsp3) is 0.385. The number of benzene rings is 1. The quantitative estimate of drug-likeness (QED) is 0.801. The van der Waals surface area contributed by atoms with Gasteiger partial charge in [0.15, 0.2) is 11.0 Å². The zero-order valence-corrected chi connectivity index (χ0v) is 11.5. The number of halogens is 1. The Balaban J connectivity index is 2.08. The zero-order chi connectivity index (χ0) is 12.4. The smallest absolute Gasteiger partial charge is 0.159 e. The van der Waals surface area contributed by atoms with Gasteiger partial charge in [0.25, 0.3) is 0 Å². The van der Waals surface area contributed by atoms with Crippen LogP contribution in [0.4, 0.5) is 5.82 Å². The molecule has 1 aromatic carbocycles. The van der Waals surface area contributed by atoms with E-state index in [2.05, 4.69) is 21.2 Å². The minimum absolute atomic E-state index is 0.485. The summed E-state index contributed by atoms with van der Waals surface area (Å²) in [4.78, 5) is 2.33. The topological polar surface area (TPSA) is 29.0 Å². The molecule has 0 aliphatic carbocycles. The monoisotopic (exact) mass is 279 g/mol. The molecule has 1 aromatic heterocycles. The summed E-state index contributed by atoms with van der Waals surface area (Å²) < 4.78 is 0. The number of aromatic nitrogens is 2. The van der Waals surface area contributed by atoms with Crippen molar-refractivity contribution in [1.82, 2.24) is 10.2 Å². The molecule has 0 saturated carbocycles. The van der Waals surface area contributed by atoms with Crippen molar-refractivity contribution >= 4 is 40.0 Å². The average Bonchev–Trinajstić information content (AvgIpc) is 2.68. The van der Waals surface area contributed by atoms with Gasteiger partial charge in [0.2, 0.25) is 0 Å². The summed E-state index contributed by atoms with van der Waals surface area (Å²) >= 11 is 8.11. The van der Waals surface area contributed by atoms with Gasteiger partial charge in [0, 0.05) is 29.6 Å². The molecular formula is C13H14ClN3S. The van der Waals surface area contributed by atoms with Crippen molar-refractivity contribution in [2.45, 2.75) is 6.42 Å². The van der Waals surface area contributed by atoms with Gasteiger partial charge in [-0.25, -0.2) is 0 Å². The molecule has 3 nitrogen and oxygen atoms in total. The molecule has 3 rings (SSSR count). The third kappa shape index (κ3) is 2.27. The van der Waals surface area contributed by atoms with Crippen LogP contribution in [-0.4, -0.2) is 34.8 Å². The van der Waals surface area contributed by atoms with Crippen LogP contribution in [-0.2, 0) is 0 Å². The van der Waals surface area contributed by atoms with Gasteiger partial charge in [-0.05, 0) is 12.2 Å². The standard InChI is InChI=1S/C13H14ClN3S/c14-12-10-4-1-2-5-11(10)13(16-15-12)17-6-3-8-18-9-7-17/h1-2,4-5H,3,6-9H2. The molecule has 1 aliphatic rings. The van der Waals surface area contributed by atoms with Crippen molar-refractivity contribution in [2.75, 3.05) is 29.5 Å². The third-order valence-electron chi connectivity index (χ3n) is 3.14. The molecule has 1 fully saturated rings. The first-order chi connectivity index (χ1) is 8.86. The number of thioether (sulfide) groups is 1. The zero-order valence-electron chi connectivity index (χ0n) is 9.97. The van der Waals surface area contributed by atoms with E-state index >= 15 is 0 Å². The molecule has 94 valence electrons. The Hall–Kier alpha value is -1.00. The lowest BCUT2D eigenvalue weighted by atomic mass is 10.2. The molecule has 0 bridgehead atoms. The molecule has 2 heterocycles. The Labute approximate surface area is 116 Å². The first-order valence-corrected chi connectivity index (χ1v) is 7.63. The molecule has 0 N–H and O–H groups in total. The maximum absolute atomic E-state index is 6.10. The number of anilines is 1. The maximum atomic E-state index is 6.10. The highest BCUT2D eigenvalue weighted by atomic mass is 35.5. The molecule has 2 aromatic rings. The molecule has 18 heavy (non-hydrogen) atoms. The fourth-order valence-corrected chi connectivity index (χ4v) is 3.34. The van der Waals surface area contributed by atoms with E-state index in [4.69, 9.17) is 11.6 Å². The average molecular weight is 280 g/mol. The van der Waals surface area contributed by atoms with Crippen molar-refractivity contribution < 1.29 is 0 Å². The van der Waals surface area contributed by atoms with E-state index in [-0.39, 0.29) is 0 Å². The van der Waals surface area contributed by atoms with Crippen LogP contribution in [0.5, 0.6) is 0 Å². The maximum Gasteiger partial charge on any atom is 0.159 e. The molecule has 5 heteroatoms. The molecule has 0 amide bonds. The van der Waals surface area contributed by atoms with Crippen LogP contribution in [0.2, 0.25) is 5.15 Å². The van der Waals surface area contributed by atoms with E-state index in [1.165, 1.54) is 12.2 Å². The van der Waals surface area contributed by atoms with E-state index in [0.29, 0.717) is 5.15 Å². The van der Waals surface area contributed by atoms with Crippen molar-refractivity contribution in [3.05, 3.63) is 29.4 Å². The van der Waals surface area contributed by atoms with Gasteiger partial charge < -0.3 is 4.90 Å². The second kappa shape index (κ2) is 5.33. The minimum atomic E-state index is 0.485. The van der Waals surface area contributed by atoms with Crippen LogP contribution in [0.15, 0.2) is 24.3 Å². The fourth-order valence-electron chi connectivity index (χ4n) is 2.25. The SMILES string of the molecule is Clc1nnc(N2CCCSCC2)c2ccccc12. The lowest BCUT2D eigenvalue weighted by Crippen LogP contribution is -2.26. The highest BCUT2D eigenvalue weighted by Gasteiger charge is 2.15. The summed E-state index contributed by atoms with van der Waals surface area (Å²) in [6.45, 7) is 2.08. The molecule has 0 spiro atoms. The molecular weight excluding hydrogens is 266 g/mol. The van der Waals surface area contributed by atoms with Crippen LogP contribution in [0, 0.1) is 0 Å². The van der Waals surface area contributed by atoms with E-state index < -0.39 is 0 Å². The molecule has 0 radical (unpaired) electrons. The molecule has 0 unspecified atom stereocenters. The van der Waals surface area contributed by atoms with Gasteiger partial charge in [0.05, 0.1) is 0 Å². The first kappa shape index (κ1) is 12.1. The van der Waals surface area contributed by atoms with Crippen LogP contribution in [0.3, 0.4) is 0 Å². The number of fused-ring (bicyclic) bond motifs is 1. The van der Waals surface area contributed by atoms with E-state index in [9.17, 15) is 0 Å². The minimum Gasteiger partial charge on any atom is -0.354 e. The summed E-state index contributed by atoms with van der Waals surface area (Å²) in [5.74, 6) is 3.35. The predicted molar refractivity (Wildman–Crippen MR) is 78.7 cm³/mol. The summed E-state index contributed by atoms with van der Waals surface area (Å²) in [6, 6.07) is 8.08. The van der Waals surface area contributed by atoms with Gasteiger partial charge in [-0.1, -0.05) is 35.9 Å². The third-order valence-corrected chi connectivity index (χ3v) is 4.47. The van der Waals surface area contributed by atoms with Gasteiger partial charge in [-0.15, -0.1) is 10.2 Å². The number of rotatable bonds is 1. The highest BCUT2D eigenvalue weighted by molar-refractivity contribution is 7.99. The second-order valence-corrected chi connectivity index (χ2v) is 5.90. The highest BCUT2D eigenvalue weighted by Crippen LogP contribution is 2.29. The second-order valence-electron chi connectivity index (χ2n) is 4.31. The van der Waals surface area contributed by atoms with Crippen molar-refractivity contribution in [3.63, 3.8) is 0 Å². The van der Waals surface area contributed by atoms with Gasteiger partial charge >= 0.3 is 0 Å². The summed E-state index contributed by atoms with van der Waals surface area (Å²) in [5, 5.41) is 11.0. The lowest BCUT2D eigenvalue weighted by Gasteiger charge is -2.22. The Kier molecular flexibility index (Phi) is 3.57. The number of nitrogens with zero attached hydrogens (tertiary/aromatic N) is 3. The van der Waals surface area contributed by atoms with Gasteiger partial charge in [-0.2, -0.15) is 11.8 Å². The normalized spacial score (nSPS) is 16.8. The van der Waals surface area contributed by atoms with E-state index in [0.717, 1.165) is 35.4 Å². The van der Waals surface area contributed by atoms with Crippen molar-refractivity contribution in [2.24, 2.45) is 0 Å². The van der Waals surface area contributed by atoms with Gasteiger partial charge in [-0.3, -0.25) is 0 Å². The lowest BCUT2D eigenvalue weighted by molar-refractivity contribution is 0.793. The van der Waals surface area contributed by atoms with Gasteiger partial charge in [0.1, 0.15) is 0 Å². The molecule has 1 aliphatic heterocycles. The van der Waals surface area contributed by atoms with Crippen LogP contribution in [0.1, 0.15) is 6.42 Å². The van der Waals surface area contributed by atoms with Crippen molar-refractivity contribution in [1.29, 1.82) is 0 Å². The van der Waals surface area contributed by atoms with Crippen molar-refractivity contribution in [3.8, 4) is 0 Å². The number of hydrogen-bond acceptors (Lipinski definition) is 4. The Bertz CT molecular complexity index is 553. The Morgan fingerprint density at radius 3 is 2.78 bits per heavy atom. The molecule has 1 saturated heterocycles. The van der Waals surface area contributed by atoms with Crippen LogP contribution < -0.4 is 4.90 Å².